The Bertz CT molecular complexity index is 486. The maximum absolute atomic E-state index is 12.9. The number of aliphatic carboxylic acids is 1. The van der Waals surface area contributed by atoms with Crippen molar-refractivity contribution in [3.8, 4) is 0 Å². The molecular weight excluding hydrogens is 315 g/mol. The van der Waals surface area contributed by atoms with Crippen molar-refractivity contribution in [3.63, 3.8) is 0 Å². The average Bonchev–Trinajstić information content (AvgIpc) is 3.02. The summed E-state index contributed by atoms with van der Waals surface area (Å²) in [5.74, 6) is -2.66. The van der Waals surface area contributed by atoms with Crippen molar-refractivity contribution >= 4 is 21.9 Å². The number of aromatic nitrogens is 1. The Hall–Kier alpha value is -1.11. The van der Waals surface area contributed by atoms with Crippen LogP contribution >= 0.6 is 15.9 Å². The lowest BCUT2D eigenvalue weighted by molar-refractivity contribution is -0.142. The van der Waals surface area contributed by atoms with E-state index in [0.29, 0.717) is 12.8 Å². The Morgan fingerprint density at radius 1 is 1.50 bits per heavy atom. The molecule has 1 aromatic heterocycles. The van der Waals surface area contributed by atoms with Gasteiger partial charge in [-0.2, -0.15) is 13.2 Å². The minimum atomic E-state index is -4.60. The van der Waals surface area contributed by atoms with Gasteiger partial charge in [0.15, 0.2) is 0 Å². The minimum Gasteiger partial charge on any atom is -0.481 e. The third-order valence-electron chi connectivity index (χ3n) is 2.84. The fourth-order valence-electron chi connectivity index (χ4n) is 1.90. The van der Waals surface area contributed by atoms with Crippen LogP contribution in [0.2, 0.25) is 0 Å². The number of nitrogens with zero attached hydrogens (tertiary/aromatic N) is 1. The first-order chi connectivity index (χ1) is 8.30. The zero-order chi connectivity index (χ0) is 13.5. The monoisotopic (exact) mass is 323 g/mol. The molecule has 1 heterocycles. The highest BCUT2D eigenvalue weighted by Crippen LogP contribution is 2.45. The summed E-state index contributed by atoms with van der Waals surface area (Å²) in [6, 6.07) is 0.876. The Morgan fingerprint density at radius 3 is 2.56 bits per heavy atom. The summed E-state index contributed by atoms with van der Waals surface area (Å²) in [5, 5.41) is 9.08. The van der Waals surface area contributed by atoms with E-state index in [2.05, 4.69) is 20.9 Å². The van der Waals surface area contributed by atoms with Gasteiger partial charge in [0.05, 0.1) is 11.3 Å². The van der Waals surface area contributed by atoms with E-state index in [4.69, 9.17) is 5.11 Å². The Kier molecular flexibility index (Phi) is 3.35. The van der Waals surface area contributed by atoms with Crippen LogP contribution in [0.3, 0.4) is 0 Å². The van der Waals surface area contributed by atoms with Crippen LogP contribution in [0.4, 0.5) is 13.2 Å². The molecule has 1 aromatic rings. The van der Waals surface area contributed by atoms with Crippen LogP contribution in [0.5, 0.6) is 0 Å². The molecule has 1 fully saturated rings. The summed E-state index contributed by atoms with van der Waals surface area (Å²) in [5.41, 5.74) is -1.36. The summed E-state index contributed by atoms with van der Waals surface area (Å²) in [7, 11) is 0. The maximum Gasteiger partial charge on any atom is 0.418 e. The molecule has 0 aliphatic heterocycles. The first kappa shape index (κ1) is 13.3. The number of carboxylic acids is 1. The second-order valence-corrected chi connectivity index (χ2v) is 5.15. The van der Waals surface area contributed by atoms with Crippen LogP contribution in [-0.4, -0.2) is 16.1 Å². The molecule has 0 aromatic carbocycles. The third kappa shape index (κ3) is 2.66. The van der Waals surface area contributed by atoms with E-state index in [9.17, 15) is 18.0 Å². The fourth-order valence-corrected chi connectivity index (χ4v) is 2.23. The zero-order valence-electron chi connectivity index (χ0n) is 9.04. The standard InChI is InChI=1S/C11H9BrF3NO2/c12-6-3-7(11(13,14)15)9(16-4-6)8(10(17)18)5-1-2-5/h3-5,8H,1-2H2,(H,17,18). The number of carboxylic acid groups (broad SMARTS) is 1. The highest BCUT2D eigenvalue weighted by Gasteiger charge is 2.44. The van der Waals surface area contributed by atoms with Crippen molar-refractivity contribution in [3.05, 3.63) is 28.0 Å². The molecule has 1 saturated carbocycles. The summed E-state index contributed by atoms with van der Waals surface area (Å²) >= 11 is 2.92. The molecule has 1 aliphatic rings. The highest BCUT2D eigenvalue weighted by atomic mass is 79.9. The Labute approximate surface area is 109 Å². The average molecular weight is 324 g/mol. The molecule has 0 spiro atoms. The van der Waals surface area contributed by atoms with Crippen molar-refractivity contribution in [2.75, 3.05) is 0 Å². The smallest absolute Gasteiger partial charge is 0.418 e. The SMILES string of the molecule is O=C(O)C(c1ncc(Br)cc1C(F)(F)F)C1CC1. The third-order valence-corrected chi connectivity index (χ3v) is 3.28. The number of hydrogen-bond donors (Lipinski definition) is 1. The lowest BCUT2D eigenvalue weighted by Gasteiger charge is -2.17. The maximum atomic E-state index is 12.9. The lowest BCUT2D eigenvalue weighted by Crippen LogP contribution is -2.21. The quantitative estimate of drug-likeness (QED) is 0.927. The molecule has 1 aliphatic carbocycles. The number of halogens is 4. The Morgan fingerprint density at radius 2 is 2.11 bits per heavy atom. The molecule has 2 rings (SSSR count). The minimum absolute atomic E-state index is 0.179. The van der Waals surface area contributed by atoms with Gasteiger partial charge in [-0.3, -0.25) is 9.78 Å². The van der Waals surface area contributed by atoms with Gasteiger partial charge in [0.25, 0.3) is 0 Å². The van der Waals surface area contributed by atoms with E-state index in [1.807, 2.05) is 0 Å². The number of carbonyl (C=O) groups is 1. The molecule has 3 nitrogen and oxygen atoms in total. The van der Waals surface area contributed by atoms with E-state index in [-0.39, 0.29) is 16.1 Å². The van der Waals surface area contributed by atoms with Gasteiger partial charge >= 0.3 is 12.1 Å². The predicted octanol–water partition coefficient (Wildman–Crippen LogP) is 3.44. The number of rotatable bonds is 3. The van der Waals surface area contributed by atoms with Gasteiger partial charge in [0.1, 0.15) is 5.92 Å². The Balaban J connectivity index is 2.51. The number of pyridine rings is 1. The summed E-state index contributed by atoms with van der Waals surface area (Å²) in [6.45, 7) is 0. The second-order valence-electron chi connectivity index (χ2n) is 4.24. The molecule has 1 atom stereocenters. The van der Waals surface area contributed by atoms with Crippen LogP contribution in [-0.2, 0) is 11.0 Å². The van der Waals surface area contributed by atoms with Crippen LogP contribution < -0.4 is 0 Å². The number of hydrogen-bond acceptors (Lipinski definition) is 2. The lowest BCUT2D eigenvalue weighted by atomic mass is 9.95. The van der Waals surface area contributed by atoms with Crippen molar-refractivity contribution in [1.29, 1.82) is 0 Å². The van der Waals surface area contributed by atoms with Crippen LogP contribution in [0.15, 0.2) is 16.7 Å². The molecule has 0 amide bonds. The van der Waals surface area contributed by atoms with Gasteiger partial charge in [-0.05, 0) is 40.8 Å². The highest BCUT2D eigenvalue weighted by molar-refractivity contribution is 9.10. The first-order valence-corrected chi connectivity index (χ1v) is 6.05. The van der Waals surface area contributed by atoms with E-state index < -0.39 is 23.6 Å². The molecule has 18 heavy (non-hydrogen) atoms. The zero-order valence-corrected chi connectivity index (χ0v) is 10.6. The summed E-state index contributed by atoms with van der Waals surface area (Å²) in [6.07, 6.45) is -2.14. The van der Waals surface area contributed by atoms with Gasteiger partial charge in [-0.25, -0.2) is 0 Å². The largest absolute Gasteiger partial charge is 0.481 e. The van der Waals surface area contributed by atoms with Crippen molar-refractivity contribution < 1.29 is 23.1 Å². The van der Waals surface area contributed by atoms with E-state index >= 15 is 0 Å². The predicted molar refractivity (Wildman–Crippen MR) is 60.0 cm³/mol. The van der Waals surface area contributed by atoms with E-state index in [0.717, 1.165) is 6.07 Å². The topological polar surface area (TPSA) is 50.2 Å². The molecule has 0 saturated heterocycles. The van der Waals surface area contributed by atoms with Crippen LogP contribution in [0, 0.1) is 5.92 Å². The van der Waals surface area contributed by atoms with Crippen LogP contribution in [0.25, 0.3) is 0 Å². The van der Waals surface area contributed by atoms with Gasteiger partial charge in [0.2, 0.25) is 0 Å². The molecule has 1 unspecified atom stereocenters. The fraction of sp³-hybridized carbons (Fsp3) is 0.455. The summed E-state index contributed by atoms with van der Waals surface area (Å²) < 4.78 is 38.8. The second kappa shape index (κ2) is 4.53. The molecule has 0 radical (unpaired) electrons. The molecular formula is C11H9BrF3NO2. The van der Waals surface area contributed by atoms with Gasteiger partial charge in [0, 0.05) is 10.7 Å². The molecule has 7 heteroatoms. The normalized spacial score (nSPS) is 17.6. The first-order valence-electron chi connectivity index (χ1n) is 5.26. The van der Waals surface area contributed by atoms with Gasteiger partial charge < -0.3 is 5.11 Å². The molecule has 1 N–H and O–H groups in total. The number of alkyl halides is 3. The van der Waals surface area contributed by atoms with E-state index in [1.54, 1.807) is 0 Å². The van der Waals surface area contributed by atoms with E-state index in [1.165, 1.54) is 6.20 Å². The van der Waals surface area contributed by atoms with Crippen molar-refractivity contribution in [2.45, 2.75) is 24.9 Å². The van der Waals surface area contributed by atoms with Gasteiger partial charge in [-0.1, -0.05) is 0 Å². The van der Waals surface area contributed by atoms with Crippen LogP contribution in [0.1, 0.15) is 30.0 Å². The molecule has 98 valence electrons. The van der Waals surface area contributed by atoms with Gasteiger partial charge in [-0.15, -0.1) is 0 Å². The molecule has 0 bridgehead atoms. The van der Waals surface area contributed by atoms with Crippen molar-refractivity contribution in [2.24, 2.45) is 5.92 Å². The van der Waals surface area contributed by atoms with Crippen molar-refractivity contribution in [1.82, 2.24) is 4.98 Å². The summed E-state index contributed by atoms with van der Waals surface area (Å²) in [4.78, 5) is 14.8.